The van der Waals surface area contributed by atoms with Crippen LogP contribution in [-0.4, -0.2) is 40.8 Å². The zero-order valence-corrected chi connectivity index (χ0v) is 16.8. The molecule has 8 heteroatoms. The zero-order valence-electron chi connectivity index (χ0n) is 16.0. The molecule has 1 saturated heterocycles. The number of amides is 1. The van der Waals surface area contributed by atoms with Crippen molar-refractivity contribution in [2.24, 2.45) is 0 Å². The average molecular weight is 404 g/mol. The number of anilines is 2. The molecule has 7 nitrogen and oxygen atoms in total. The van der Waals surface area contributed by atoms with E-state index in [9.17, 15) is 13.2 Å². The fraction of sp³-hybridized carbons (Fsp3) is 0.350. The predicted molar refractivity (Wildman–Crippen MR) is 109 cm³/mol. The van der Waals surface area contributed by atoms with Crippen LogP contribution < -0.4 is 19.1 Å². The molecule has 1 N–H and O–H groups in total. The number of carbonyl (C=O) groups excluding carboxylic acids is 1. The molecule has 0 aromatic heterocycles. The summed E-state index contributed by atoms with van der Waals surface area (Å²) in [5.41, 5.74) is 2.20. The van der Waals surface area contributed by atoms with Gasteiger partial charge in [0, 0.05) is 24.7 Å². The molecule has 1 fully saturated rings. The van der Waals surface area contributed by atoms with Crippen LogP contribution in [-0.2, 0) is 21.2 Å². The van der Waals surface area contributed by atoms with Gasteiger partial charge in [-0.15, -0.1) is 0 Å². The predicted octanol–water partition coefficient (Wildman–Crippen LogP) is 2.82. The Hall–Kier alpha value is -2.74. The highest BCUT2D eigenvalue weighted by molar-refractivity contribution is 7.93. The van der Waals surface area contributed by atoms with Crippen molar-refractivity contribution in [2.75, 3.05) is 36.1 Å². The van der Waals surface area contributed by atoms with E-state index in [4.69, 9.17) is 9.47 Å². The minimum Gasteiger partial charge on any atom is -0.497 e. The van der Waals surface area contributed by atoms with Crippen LogP contribution in [0.1, 0.15) is 18.4 Å². The van der Waals surface area contributed by atoms with E-state index in [-0.39, 0.29) is 11.7 Å². The van der Waals surface area contributed by atoms with Gasteiger partial charge in [-0.05, 0) is 54.8 Å². The lowest BCUT2D eigenvalue weighted by molar-refractivity contribution is -0.116. The molecule has 0 bridgehead atoms. The van der Waals surface area contributed by atoms with Crippen molar-refractivity contribution in [2.45, 2.75) is 19.3 Å². The molecule has 1 aliphatic rings. The summed E-state index contributed by atoms with van der Waals surface area (Å²) in [5, 5.41) is 2.84. The monoisotopic (exact) mass is 404 g/mol. The molecular weight excluding hydrogens is 380 g/mol. The van der Waals surface area contributed by atoms with Crippen LogP contribution in [0.5, 0.6) is 11.5 Å². The van der Waals surface area contributed by atoms with Gasteiger partial charge >= 0.3 is 0 Å². The van der Waals surface area contributed by atoms with E-state index in [1.807, 2.05) is 12.1 Å². The maximum atomic E-state index is 12.3. The van der Waals surface area contributed by atoms with Gasteiger partial charge in [0.2, 0.25) is 15.9 Å². The van der Waals surface area contributed by atoms with Gasteiger partial charge in [0.25, 0.3) is 0 Å². The maximum Gasteiger partial charge on any atom is 0.235 e. The third kappa shape index (κ3) is 4.75. The molecule has 2 aromatic rings. The smallest absolute Gasteiger partial charge is 0.235 e. The summed E-state index contributed by atoms with van der Waals surface area (Å²) in [6.07, 6.45) is 1.48. The van der Waals surface area contributed by atoms with Crippen LogP contribution in [0.2, 0.25) is 0 Å². The third-order valence-corrected chi connectivity index (χ3v) is 6.46. The Kier molecular flexibility index (Phi) is 6.08. The highest BCUT2D eigenvalue weighted by atomic mass is 32.2. The highest BCUT2D eigenvalue weighted by Crippen LogP contribution is 2.26. The van der Waals surface area contributed by atoms with E-state index in [0.29, 0.717) is 48.7 Å². The lowest BCUT2D eigenvalue weighted by Gasteiger charge is -2.17. The first-order chi connectivity index (χ1) is 13.4. The molecule has 28 heavy (non-hydrogen) atoms. The second kappa shape index (κ2) is 8.52. The van der Waals surface area contributed by atoms with Crippen LogP contribution >= 0.6 is 0 Å². The Morgan fingerprint density at radius 3 is 2.25 bits per heavy atom. The molecule has 0 unspecified atom stereocenters. The van der Waals surface area contributed by atoms with Crippen LogP contribution in [0.4, 0.5) is 11.4 Å². The van der Waals surface area contributed by atoms with Crippen molar-refractivity contribution in [3.8, 4) is 11.5 Å². The van der Waals surface area contributed by atoms with Crippen LogP contribution in [0.15, 0.2) is 42.5 Å². The summed E-state index contributed by atoms with van der Waals surface area (Å²) < 4.78 is 35.8. The van der Waals surface area contributed by atoms with Crippen molar-refractivity contribution in [3.63, 3.8) is 0 Å². The van der Waals surface area contributed by atoms with Crippen molar-refractivity contribution in [3.05, 3.63) is 48.0 Å². The number of sulfonamides is 1. The molecule has 1 aliphatic heterocycles. The molecule has 0 radical (unpaired) electrons. The van der Waals surface area contributed by atoms with E-state index in [2.05, 4.69) is 5.32 Å². The second-order valence-electron chi connectivity index (χ2n) is 6.56. The first-order valence-electron chi connectivity index (χ1n) is 9.03. The minimum atomic E-state index is -3.20. The van der Waals surface area contributed by atoms with E-state index in [1.54, 1.807) is 44.6 Å². The SMILES string of the molecule is COc1cc(CCC(=O)Nc2ccc(N3CCCS3(=O)=O)cc2)cc(OC)c1. The van der Waals surface area contributed by atoms with Gasteiger partial charge in [0.15, 0.2) is 0 Å². The van der Waals surface area contributed by atoms with E-state index in [1.165, 1.54) is 4.31 Å². The number of carbonyl (C=O) groups is 1. The molecule has 0 spiro atoms. The van der Waals surface area contributed by atoms with Gasteiger partial charge in [-0.2, -0.15) is 0 Å². The molecule has 0 aliphatic carbocycles. The molecule has 0 atom stereocenters. The van der Waals surface area contributed by atoms with Crippen LogP contribution in [0.25, 0.3) is 0 Å². The summed E-state index contributed by atoms with van der Waals surface area (Å²) in [4.78, 5) is 12.3. The number of ether oxygens (including phenoxy) is 2. The largest absolute Gasteiger partial charge is 0.497 e. The van der Waals surface area contributed by atoms with Crippen molar-refractivity contribution in [1.29, 1.82) is 0 Å². The lowest BCUT2D eigenvalue weighted by Crippen LogP contribution is -2.25. The van der Waals surface area contributed by atoms with Gasteiger partial charge in [-0.1, -0.05) is 0 Å². The van der Waals surface area contributed by atoms with Crippen molar-refractivity contribution in [1.82, 2.24) is 0 Å². The Balaban J connectivity index is 1.58. The molecule has 3 rings (SSSR count). The Labute approximate surface area is 165 Å². The lowest BCUT2D eigenvalue weighted by atomic mass is 10.1. The Morgan fingerprint density at radius 1 is 1.07 bits per heavy atom. The number of hydrogen-bond acceptors (Lipinski definition) is 5. The quantitative estimate of drug-likeness (QED) is 0.767. The molecule has 150 valence electrons. The Morgan fingerprint density at radius 2 is 1.71 bits per heavy atom. The fourth-order valence-electron chi connectivity index (χ4n) is 3.13. The number of nitrogens with one attached hydrogen (secondary N) is 1. The van der Waals surface area contributed by atoms with Gasteiger partial charge in [-0.25, -0.2) is 8.42 Å². The van der Waals surface area contributed by atoms with Gasteiger partial charge in [0.05, 0.1) is 25.7 Å². The topological polar surface area (TPSA) is 84.9 Å². The first kappa shape index (κ1) is 20.0. The van der Waals surface area contributed by atoms with E-state index < -0.39 is 10.0 Å². The summed E-state index contributed by atoms with van der Waals surface area (Å²) in [6.45, 7) is 0.498. The number of hydrogen-bond donors (Lipinski definition) is 1. The number of nitrogens with zero attached hydrogens (tertiary/aromatic N) is 1. The van der Waals surface area contributed by atoms with Gasteiger partial charge < -0.3 is 14.8 Å². The fourth-order valence-corrected chi connectivity index (χ4v) is 4.70. The number of aryl methyl sites for hydroxylation is 1. The summed E-state index contributed by atoms with van der Waals surface area (Å²) in [5.74, 6) is 1.42. The average Bonchev–Trinajstić information content (AvgIpc) is 3.05. The van der Waals surface area contributed by atoms with E-state index in [0.717, 1.165) is 5.56 Å². The standard InChI is InChI=1S/C20H24N2O5S/c1-26-18-12-15(13-19(14-18)27-2)4-9-20(23)21-16-5-7-17(8-6-16)22-10-3-11-28(22,24)25/h5-8,12-14H,3-4,9-11H2,1-2H3,(H,21,23). The molecular formula is C20H24N2O5S. The summed E-state index contributed by atoms with van der Waals surface area (Å²) >= 11 is 0. The number of methoxy groups -OCH3 is 2. The number of rotatable bonds is 7. The normalized spacial score (nSPS) is 15.3. The summed E-state index contributed by atoms with van der Waals surface area (Å²) in [7, 11) is -0.0301. The van der Waals surface area contributed by atoms with Crippen LogP contribution in [0, 0.1) is 0 Å². The second-order valence-corrected chi connectivity index (χ2v) is 8.57. The first-order valence-corrected chi connectivity index (χ1v) is 10.6. The van der Waals surface area contributed by atoms with Crippen LogP contribution in [0.3, 0.4) is 0 Å². The third-order valence-electron chi connectivity index (χ3n) is 4.59. The summed E-state index contributed by atoms with van der Waals surface area (Å²) in [6, 6.07) is 12.4. The Bertz CT molecular complexity index is 919. The molecule has 1 heterocycles. The van der Waals surface area contributed by atoms with E-state index >= 15 is 0 Å². The van der Waals surface area contributed by atoms with Gasteiger partial charge in [0.1, 0.15) is 11.5 Å². The molecule has 1 amide bonds. The molecule has 2 aromatic carbocycles. The van der Waals surface area contributed by atoms with Crippen molar-refractivity contribution < 1.29 is 22.7 Å². The maximum absolute atomic E-state index is 12.3. The number of benzene rings is 2. The molecule has 0 saturated carbocycles. The van der Waals surface area contributed by atoms with Crippen molar-refractivity contribution >= 4 is 27.3 Å². The van der Waals surface area contributed by atoms with Gasteiger partial charge in [-0.3, -0.25) is 9.10 Å². The minimum absolute atomic E-state index is 0.122. The zero-order chi connectivity index (χ0) is 20.1. The highest BCUT2D eigenvalue weighted by Gasteiger charge is 2.28.